The Labute approximate surface area is 840 Å². The monoisotopic (exact) mass is 2030 g/mol. The van der Waals surface area contributed by atoms with Crippen LogP contribution in [0.15, 0.2) is 97.6 Å². The third-order valence-electron chi connectivity index (χ3n) is 27.0. The summed E-state index contributed by atoms with van der Waals surface area (Å²) in [6.45, 7) is 32.1. The lowest BCUT2D eigenvalue weighted by Crippen LogP contribution is -2.54. The van der Waals surface area contributed by atoms with Crippen molar-refractivity contribution in [1.29, 1.82) is 0 Å². The van der Waals surface area contributed by atoms with Crippen molar-refractivity contribution in [2.45, 2.75) is 214 Å². The summed E-state index contributed by atoms with van der Waals surface area (Å²) >= 11 is 25.5. The molecule has 12 heterocycles. The number of carbonyl (C=O) groups is 2. The lowest BCUT2D eigenvalue weighted by Gasteiger charge is -2.37. The number of halogens is 11. The van der Waals surface area contributed by atoms with E-state index in [1.165, 1.54) is 80.0 Å². The lowest BCUT2D eigenvalue weighted by molar-refractivity contribution is -0.138. The predicted molar refractivity (Wildman–Crippen MR) is 544 cm³/mol. The number of amides is 2. The van der Waals surface area contributed by atoms with Crippen LogP contribution in [0.1, 0.15) is 200 Å². The molecule has 18 rings (SSSR count). The molecule has 0 spiro atoms. The molecule has 2 saturated carbocycles. The second-order valence-corrected chi connectivity index (χ2v) is 40.2. The molecule has 6 fully saturated rings. The minimum atomic E-state index is -4.72. The first-order valence-electron chi connectivity index (χ1n) is 47.6. The number of likely N-dealkylation sites (N-methyl/N-ethyl adjacent to an activating group) is 2. The summed E-state index contributed by atoms with van der Waals surface area (Å²) in [7, 11) is 3.61. The number of hydrogen-bond acceptors (Lipinski definition) is 26. The molecule has 1 unspecified atom stereocenters. The highest BCUT2D eigenvalue weighted by Gasteiger charge is 2.57. The fourth-order valence-electron chi connectivity index (χ4n) is 18.2. The molecular formula is C99H121Cl4F7N30O2. The largest absolute Gasteiger partial charge is 0.421 e. The zero-order valence-electron chi connectivity index (χ0n) is 82.0. The van der Waals surface area contributed by atoms with E-state index >= 15 is 8.78 Å². The third kappa shape index (κ3) is 26.3. The van der Waals surface area contributed by atoms with Gasteiger partial charge in [-0.1, -0.05) is 58.5 Å². The van der Waals surface area contributed by atoms with E-state index in [0.29, 0.717) is 136 Å². The van der Waals surface area contributed by atoms with Gasteiger partial charge < -0.3 is 72.8 Å². The van der Waals surface area contributed by atoms with Gasteiger partial charge in [0.1, 0.15) is 38.1 Å². The fraction of sp³-hybridized carbons (Fsp3) is 0.455. The molecule has 2 amide bonds. The molecule has 4 saturated heterocycles. The van der Waals surface area contributed by atoms with Crippen molar-refractivity contribution >= 4 is 151 Å². The second kappa shape index (κ2) is 44.4. The van der Waals surface area contributed by atoms with Crippen LogP contribution in [0, 0.1) is 79.9 Å². The zero-order valence-corrected chi connectivity index (χ0v) is 85.0. The zero-order chi connectivity index (χ0) is 102. The number of likely N-dealkylation sites (tertiary alicyclic amines) is 4. The van der Waals surface area contributed by atoms with Gasteiger partial charge in [-0.3, -0.25) is 30.0 Å². The van der Waals surface area contributed by atoms with Gasteiger partial charge in [0, 0.05) is 121 Å². The highest BCUT2D eigenvalue weighted by molar-refractivity contribution is 6.34. The Morgan fingerprint density at radius 1 is 0.394 bits per heavy atom. The van der Waals surface area contributed by atoms with Crippen molar-refractivity contribution in [1.82, 2.24) is 111 Å². The number of alkyl halides is 5. The van der Waals surface area contributed by atoms with E-state index in [1.807, 2.05) is 115 Å². The number of aryl methyl sites for hydroxylation is 9. The Morgan fingerprint density at radius 3 is 1.06 bits per heavy atom. The van der Waals surface area contributed by atoms with Crippen LogP contribution in [-0.4, -0.2) is 208 Å². The maximum absolute atomic E-state index is 15.2. The number of aromatic amines is 4. The van der Waals surface area contributed by atoms with E-state index in [1.54, 1.807) is 38.4 Å². The average molecular weight is 2040 g/mol. The number of benzene rings is 4. The lowest BCUT2D eigenvalue weighted by atomic mass is 9.85. The van der Waals surface area contributed by atoms with Gasteiger partial charge in [0.15, 0.2) is 40.7 Å². The predicted octanol–water partition coefficient (Wildman–Crippen LogP) is 22.0. The van der Waals surface area contributed by atoms with E-state index in [-0.39, 0.29) is 65.0 Å². The molecule has 756 valence electrons. The molecule has 8 aromatic heterocycles. The standard InChI is InChI=1S/C25H32Cl2N8O.C25H32ClFN8O.C25H27F6N7.C24H30ClN7/c1-14-10-17(16-6-8-35(9-7-16)23(36)25(3,4)28-5)18(26)12-20(14)30-24-29-13-19(27)22(32-24)31-21-11-15(2)33-34-21;1-14-10-20(30-24-29-13-18(26)22(32-24)31-21-11-15(2)33-34-21)19(27)12-17(14)16-6-8-35(9-7-16)23(36)25(3,4)28-5;1-13-7-20(19(26)9-17(13)15-3-5-38(6-4-15)12-16-10-24(16,27)28)33-23-32-11-18(25(29,30)31)22(35-23)34-21-8-14(2)36-37-21;1-14-11-21(15(2)10-19(14)17-6-8-32(9-7-17)18-4-5-18)27-24-26-13-20(25)23(29-24)28-22-12-16(3)30-31-22/h2*10-13,16,28H,6-9H2,1-5H3,(H3,29,30,31,32,33,34);7-9,11,15-16H,3-6,10,12H2,1-2H3,(H3,32,33,34,35,36,37);10-13,17-18H,4-9H2,1-3H3,(H3,26,27,28,29,30,31). The van der Waals surface area contributed by atoms with Gasteiger partial charge in [-0.2, -0.15) is 53.5 Å². The van der Waals surface area contributed by atoms with Gasteiger partial charge in [-0.05, 0) is 305 Å². The number of hydrogen-bond donors (Lipinski definition) is 14. The van der Waals surface area contributed by atoms with Gasteiger partial charge in [0.05, 0.1) is 41.0 Å². The summed E-state index contributed by atoms with van der Waals surface area (Å²) in [6.07, 6.45) is 10.5. The summed E-state index contributed by atoms with van der Waals surface area (Å²) in [5, 5.41) is 59.7. The topological polar surface area (TPSA) is 385 Å². The first-order chi connectivity index (χ1) is 67.5. The molecule has 0 radical (unpaired) electrons. The van der Waals surface area contributed by atoms with Crippen LogP contribution in [-0.2, 0) is 15.8 Å². The van der Waals surface area contributed by atoms with Crippen molar-refractivity contribution in [3.8, 4) is 0 Å². The SMILES string of the molecule is CNC(C)(C)C(=O)N1CCC(c2cc(C)c(Nc3ncc(Cl)c(Nc4cc(C)[nH]n4)n3)cc2Cl)CC1.CNC(C)(C)C(=O)N1CCC(c2cc(F)c(Nc3ncc(Cl)c(Nc4cc(C)[nH]n4)n3)cc2C)CC1.Cc1cc(Nc2nc(Nc3cc(C)c(C4CCN(C5CC5)CC4)cc3C)ncc2Cl)n[nH]1.Cc1cc(Nc2nc(Nc3cc(C)c(C4CCN(CC5CC5(F)F)CC4)cc3F)ncc2C(F)(F)F)n[nH]1. The summed E-state index contributed by atoms with van der Waals surface area (Å²) < 4.78 is 97.3. The van der Waals surface area contributed by atoms with Gasteiger partial charge in [-0.25, -0.2) is 37.5 Å². The van der Waals surface area contributed by atoms with E-state index in [4.69, 9.17) is 46.4 Å². The third-order valence-corrected chi connectivity index (χ3v) is 28.2. The van der Waals surface area contributed by atoms with E-state index in [9.17, 15) is 31.5 Å². The maximum atomic E-state index is 15.2. The van der Waals surface area contributed by atoms with Crippen LogP contribution in [0.3, 0.4) is 0 Å². The number of carbonyl (C=O) groups excluding carboxylic acids is 2. The van der Waals surface area contributed by atoms with Crippen molar-refractivity contribution in [3.05, 3.63) is 208 Å². The molecule has 4 aromatic carbocycles. The van der Waals surface area contributed by atoms with Crippen LogP contribution in [0.2, 0.25) is 20.1 Å². The molecule has 142 heavy (non-hydrogen) atoms. The number of rotatable bonds is 27. The average Bonchev–Trinajstić information content (AvgIpc) is 1.58. The number of nitrogens with zero attached hydrogens (tertiary/aromatic N) is 16. The Hall–Kier alpha value is -12.1. The molecule has 32 nitrogen and oxygen atoms in total. The Balaban J connectivity index is 0.000000143. The van der Waals surface area contributed by atoms with Gasteiger partial charge in [0.25, 0.3) is 5.92 Å². The van der Waals surface area contributed by atoms with Crippen LogP contribution in [0.25, 0.3) is 0 Å². The Kier molecular flexibility index (Phi) is 32.6. The summed E-state index contributed by atoms with van der Waals surface area (Å²) in [5.74, 6) is 1.03. The van der Waals surface area contributed by atoms with Gasteiger partial charge in [0.2, 0.25) is 35.6 Å². The quantitative estimate of drug-likeness (QED) is 0.0213. The Bertz CT molecular complexity index is 6280. The molecule has 14 N–H and O–H groups in total. The molecule has 1 atom stereocenters. The molecular weight excluding hydrogens is 1920 g/mol. The minimum Gasteiger partial charge on any atom is -0.341 e. The van der Waals surface area contributed by atoms with Crippen molar-refractivity contribution < 1.29 is 40.3 Å². The molecule has 4 aliphatic heterocycles. The van der Waals surface area contributed by atoms with Gasteiger partial charge in [-0.15, -0.1) is 0 Å². The fourth-order valence-corrected chi connectivity index (χ4v) is 19.0. The highest BCUT2D eigenvalue weighted by Crippen LogP contribution is 2.50. The summed E-state index contributed by atoms with van der Waals surface area (Å²) in [5.41, 5.74) is 13.0. The highest BCUT2D eigenvalue weighted by atomic mass is 35.5. The maximum Gasteiger partial charge on any atom is 0.421 e. The van der Waals surface area contributed by atoms with E-state index < -0.39 is 46.3 Å². The molecule has 43 heteroatoms. The minimum absolute atomic E-state index is 0.0287. The van der Waals surface area contributed by atoms with Crippen LogP contribution < -0.4 is 53.2 Å². The number of piperidine rings is 4. The first kappa shape index (κ1) is 104. The second-order valence-electron chi connectivity index (χ2n) is 38.6. The van der Waals surface area contributed by atoms with Crippen molar-refractivity contribution in [2.75, 3.05) is 116 Å². The normalized spacial score (nSPS) is 16.7. The van der Waals surface area contributed by atoms with Crippen LogP contribution in [0.4, 0.5) is 124 Å². The smallest absolute Gasteiger partial charge is 0.341 e. The number of nitrogens with one attached hydrogen (secondary N) is 14. The van der Waals surface area contributed by atoms with Crippen molar-refractivity contribution in [2.24, 2.45) is 5.92 Å². The first-order valence-corrected chi connectivity index (χ1v) is 49.1. The van der Waals surface area contributed by atoms with Gasteiger partial charge >= 0.3 is 6.18 Å². The molecule has 12 aromatic rings. The number of anilines is 16. The van der Waals surface area contributed by atoms with Crippen LogP contribution >= 0.6 is 46.4 Å². The summed E-state index contributed by atoms with van der Waals surface area (Å²) in [6, 6.07) is 22.9. The molecule has 0 bridgehead atoms. The molecule has 2 aliphatic carbocycles. The Morgan fingerprint density at radius 2 is 0.711 bits per heavy atom. The van der Waals surface area contributed by atoms with Crippen molar-refractivity contribution in [3.63, 3.8) is 0 Å². The van der Waals surface area contributed by atoms with E-state index in [2.05, 4.69) is 171 Å². The van der Waals surface area contributed by atoms with E-state index in [0.717, 1.165) is 106 Å². The number of aromatic nitrogens is 16. The summed E-state index contributed by atoms with van der Waals surface area (Å²) in [4.78, 5) is 68.1. The van der Waals surface area contributed by atoms with Crippen LogP contribution in [0.5, 0.6) is 0 Å². The molecule has 6 aliphatic rings. The number of H-pyrrole nitrogens is 4.